The lowest BCUT2D eigenvalue weighted by atomic mass is 10.0. The fraction of sp³-hybridized carbons (Fsp3) is 0.759. The number of aryl methyl sites for hydroxylation is 1. The summed E-state index contributed by atoms with van der Waals surface area (Å²) in [7, 11) is -3.31. The lowest BCUT2D eigenvalue weighted by Crippen LogP contribution is -2.63. The third kappa shape index (κ3) is 9.36. The monoisotopic (exact) mass is 595 g/mol. The number of hydrogen-bond acceptors (Lipinski definition) is 9. The van der Waals surface area contributed by atoms with Crippen LogP contribution in [0.4, 0.5) is 4.79 Å². The van der Waals surface area contributed by atoms with Gasteiger partial charge in [-0.3, -0.25) is 19.6 Å². The molecule has 3 rings (SSSR count). The first-order valence-corrected chi connectivity index (χ1v) is 16.4. The van der Waals surface area contributed by atoms with Gasteiger partial charge >= 0.3 is 6.09 Å². The highest BCUT2D eigenvalue weighted by Crippen LogP contribution is 2.29. The van der Waals surface area contributed by atoms with Crippen LogP contribution >= 0.6 is 0 Å². The first-order chi connectivity index (χ1) is 19.1. The molecule has 41 heavy (non-hydrogen) atoms. The summed E-state index contributed by atoms with van der Waals surface area (Å²) in [4.78, 5) is 34.7. The second-order valence-electron chi connectivity index (χ2n) is 12.8. The molecule has 1 aromatic rings. The maximum Gasteiger partial charge on any atom is 0.407 e. The number of nitrogens with zero attached hydrogens (tertiary/aromatic N) is 3. The maximum atomic E-state index is 13.4. The number of hydrogen-bond donors (Lipinski definition) is 3. The van der Waals surface area contributed by atoms with E-state index in [0.717, 1.165) is 11.3 Å². The minimum absolute atomic E-state index is 0.00160. The van der Waals surface area contributed by atoms with Crippen LogP contribution in [0, 0.1) is 12.8 Å². The smallest absolute Gasteiger partial charge is 0.407 e. The van der Waals surface area contributed by atoms with Gasteiger partial charge in [0.1, 0.15) is 17.4 Å². The van der Waals surface area contributed by atoms with E-state index in [1.54, 1.807) is 6.20 Å². The molecule has 0 saturated carbocycles. The molecule has 0 unspecified atom stereocenters. The summed E-state index contributed by atoms with van der Waals surface area (Å²) in [5, 5.41) is 16.3. The van der Waals surface area contributed by atoms with E-state index in [4.69, 9.17) is 4.74 Å². The molecule has 11 nitrogen and oxygen atoms in total. The highest BCUT2D eigenvalue weighted by molar-refractivity contribution is 7.92. The average molecular weight is 596 g/mol. The van der Waals surface area contributed by atoms with Crippen LogP contribution in [0.25, 0.3) is 0 Å². The Morgan fingerprint density at radius 1 is 1.24 bits per heavy atom. The zero-order valence-electron chi connectivity index (χ0n) is 25.6. The molecule has 12 heteroatoms. The minimum atomic E-state index is -3.31. The number of nitrogens with one attached hydrogen (secondary N) is 2. The van der Waals surface area contributed by atoms with Crippen LogP contribution < -0.4 is 10.6 Å². The lowest BCUT2D eigenvalue weighted by Gasteiger charge is -2.43. The van der Waals surface area contributed by atoms with Crippen molar-refractivity contribution < 1.29 is 27.9 Å². The predicted octanol–water partition coefficient (Wildman–Crippen LogP) is 1.87. The first kappa shape index (κ1) is 33.2. The van der Waals surface area contributed by atoms with Gasteiger partial charge in [-0.15, -0.1) is 0 Å². The number of β-amino-alcohol motifs (C(OH)–C–C–N with tert-alkyl or cyclic N) is 1. The average Bonchev–Trinajstić information content (AvgIpc) is 3.15. The molecule has 0 bridgehead atoms. The zero-order chi connectivity index (χ0) is 30.5. The van der Waals surface area contributed by atoms with Crippen LogP contribution in [0.2, 0.25) is 0 Å². The van der Waals surface area contributed by atoms with Gasteiger partial charge in [-0.1, -0.05) is 20.8 Å². The van der Waals surface area contributed by atoms with Gasteiger partial charge in [0, 0.05) is 50.2 Å². The molecule has 0 aromatic carbocycles. The number of rotatable bonds is 10. The number of ether oxygens (including phenoxy) is 1. The van der Waals surface area contributed by atoms with Crippen molar-refractivity contribution in [2.24, 2.45) is 5.92 Å². The third-order valence-corrected chi connectivity index (χ3v) is 10.2. The van der Waals surface area contributed by atoms with E-state index in [0.29, 0.717) is 32.6 Å². The van der Waals surface area contributed by atoms with Gasteiger partial charge in [-0.2, -0.15) is 0 Å². The lowest BCUT2D eigenvalue weighted by molar-refractivity contribution is -0.131. The Kier molecular flexibility index (Phi) is 11.2. The summed E-state index contributed by atoms with van der Waals surface area (Å²) in [6, 6.07) is 2.91. The largest absolute Gasteiger partial charge is 0.445 e. The van der Waals surface area contributed by atoms with E-state index in [9.17, 15) is 23.1 Å². The first-order valence-electron chi connectivity index (χ1n) is 14.7. The number of carbonyl (C=O) groups excluding carboxylic acids is 2. The molecule has 2 saturated heterocycles. The Bertz CT molecular complexity index is 1150. The van der Waals surface area contributed by atoms with Gasteiger partial charge in [-0.25, -0.2) is 13.2 Å². The molecule has 2 fully saturated rings. The van der Waals surface area contributed by atoms with Crippen molar-refractivity contribution in [3.05, 3.63) is 29.6 Å². The van der Waals surface area contributed by atoms with Crippen LogP contribution in [-0.4, -0.2) is 107 Å². The Labute approximate surface area is 245 Å². The van der Waals surface area contributed by atoms with E-state index in [1.807, 2.05) is 65.5 Å². The van der Waals surface area contributed by atoms with E-state index in [-0.39, 0.29) is 30.5 Å². The van der Waals surface area contributed by atoms with Crippen LogP contribution in [0.1, 0.15) is 65.6 Å². The SMILES string of the molecule is CC[C@H](NC(=O)O[C@@H]1CCS(=O)(=O)[C@@H]1C(C)C)[C@H](O)CN1CCN(Cc2ccnc(C)c2)C[C@H]1C(=O)NC(C)(C)C. The summed E-state index contributed by atoms with van der Waals surface area (Å²) in [6.07, 6.45) is 0.0953. The Morgan fingerprint density at radius 3 is 2.56 bits per heavy atom. The molecule has 232 valence electrons. The highest BCUT2D eigenvalue weighted by atomic mass is 32.2. The van der Waals surface area contributed by atoms with Gasteiger partial charge in [0.25, 0.3) is 0 Å². The Morgan fingerprint density at radius 2 is 1.95 bits per heavy atom. The standard InChI is InChI=1S/C29H49N5O6S/c1-8-22(31-28(37)40-25-10-14-41(38,39)26(25)19(2)3)24(35)18-34-13-12-33(16-21-9-11-30-20(4)15-21)17-23(34)27(36)32-29(5,6)7/h9,11,15,19,22-26,35H,8,10,12-14,16-18H2,1-7H3,(H,31,37)(H,32,36)/t22-,23-,24+,25+,26+/m0/s1. The van der Waals surface area contributed by atoms with E-state index < -0.39 is 51.0 Å². The second kappa shape index (κ2) is 13.8. The van der Waals surface area contributed by atoms with E-state index in [2.05, 4.69) is 20.5 Å². The molecule has 2 aliphatic rings. The molecular weight excluding hydrogens is 546 g/mol. The van der Waals surface area contributed by atoms with Crippen LogP contribution in [0.5, 0.6) is 0 Å². The molecule has 0 radical (unpaired) electrons. The highest BCUT2D eigenvalue weighted by Gasteiger charge is 2.44. The minimum Gasteiger partial charge on any atom is -0.445 e. The zero-order valence-corrected chi connectivity index (χ0v) is 26.4. The predicted molar refractivity (Wildman–Crippen MR) is 158 cm³/mol. The van der Waals surface area contributed by atoms with Gasteiger partial charge < -0.3 is 20.5 Å². The van der Waals surface area contributed by atoms with Crippen molar-refractivity contribution in [1.82, 2.24) is 25.4 Å². The molecule has 0 spiro atoms. The molecule has 0 aliphatic carbocycles. The van der Waals surface area contributed by atoms with Crippen molar-refractivity contribution in [2.75, 3.05) is 31.9 Å². The topological polar surface area (TPSA) is 141 Å². The van der Waals surface area contributed by atoms with Gasteiger partial charge in [0.2, 0.25) is 5.91 Å². The molecule has 3 N–H and O–H groups in total. The van der Waals surface area contributed by atoms with E-state index in [1.165, 1.54) is 0 Å². The second-order valence-corrected chi connectivity index (χ2v) is 15.1. The quantitative estimate of drug-likeness (QED) is 0.370. The molecule has 1 aromatic heterocycles. The number of piperazine rings is 1. The third-order valence-electron chi connectivity index (χ3n) is 7.76. The number of pyridine rings is 1. The maximum absolute atomic E-state index is 13.4. The number of alkyl carbamates (subject to hydrolysis) is 1. The summed E-state index contributed by atoms with van der Waals surface area (Å²) in [5.41, 5.74) is 1.66. The summed E-state index contributed by atoms with van der Waals surface area (Å²) < 4.78 is 30.4. The van der Waals surface area contributed by atoms with Crippen LogP contribution in [-0.2, 0) is 25.9 Å². The summed E-state index contributed by atoms with van der Waals surface area (Å²) in [6.45, 7) is 15.9. The molecule has 2 aliphatic heterocycles. The number of carbonyl (C=O) groups is 2. The molecular formula is C29H49N5O6S. The summed E-state index contributed by atoms with van der Waals surface area (Å²) in [5.74, 6) is -0.286. The van der Waals surface area contributed by atoms with Crippen molar-refractivity contribution in [1.29, 1.82) is 0 Å². The number of aromatic nitrogens is 1. The number of amides is 2. The summed E-state index contributed by atoms with van der Waals surface area (Å²) >= 11 is 0. The number of sulfone groups is 1. The van der Waals surface area contributed by atoms with Crippen molar-refractivity contribution >= 4 is 21.8 Å². The van der Waals surface area contributed by atoms with Gasteiger partial charge in [0.15, 0.2) is 9.84 Å². The normalized spacial score (nSPS) is 25.0. The molecule has 5 atom stereocenters. The van der Waals surface area contributed by atoms with Crippen molar-refractivity contribution in [3.63, 3.8) is 0 Å². The van der Waals surface area contributed by atoms with Crippen molar-refractivity contribution in [2.45, 2.75) is 103 Å². The Hall–Kier alpha value is -2.28. The number of aliphatic hydroxyl groups is 1. The fourth-order valence-electron chi connectivity index (χ4n) is 5.84. The molecule has 2 amide bonds. The van der Waals surface area contributed by atoms with Gasteiger partial charge in [-0.05, 0) is 64.2 Å². The van der Waals surface area contributed by atoms with Crippen molar-refractivity contribution in [3.8, 4) is 0 Å². The van der Waals surface area contributed by atoms with Gasteiger partial charge in [0.05, 0.1) is 17.9 Å². The van der Waals surface area contributed by atoms with E-state index >= 15 is 0 Å². The number of aliphatic hydroxyl groups excluding tert-OH is 1. The van der Waals surface area contributed by atoms with Crippen LogP contribution in [0.15, 0.2) is 18.3 Å². The Balaban J connectivity index is 1.66. The van der Waals surface area contributed by atoms with Crippen LogP contribution in [0.3, 0.4) is 0 Å². The molecule has 3 heterocycles. The fourth-order valence-corrected chi connectivity index (χ4v) is 8.16.